The van der Waals surface area contributed by atoms with Crippen molar-refractivity contribution in [3.05, 3.63) is 11.6 Å². The smallest absolute Gasteiger partial charge is 0.210 e. The summed E-state index contributed by atoms with van der Waals surface area (Å²) in [5.41, 5.74) is 0.431. The molecule has 9 heteroatoms. The highest BCUT2D eigenvalue weighted by Gasteiger charge is 2.31. The van der Waals surface area contributed by atoms with E-state index in [1.54, 1.807) is 0 Å². The molecule has 0 bridgehead atoms. The second-order valence-electron chi connectivity index (χ2n) is 2.04. The van der Waals surface area contributed by atoms with Gasteiger partial charge in [-0.25, -0.2) is 8.78 Å². The number of allylic oxidation sites excluding steroid dienone is 1. The van der Waals surface area contributed by atoms with Gasteiger partial charge in [-0.3, -0.25) is 0 Å². The van der Waals surface area contributed by atoms with Crippen molar-refractivity contribution in [2.75, 3.05) is 0 Å². The Morgan fingerprint density at radius 3 is 1.40 bits per heavy atom. The normalized spacial score (nSPS) is 12.9. The molecule has 0 aliphatic rings. The van der Waals surface area contributed by atoms with Crippen LogP contribution in [0.4, 0.5) is 35.1 Å². The molecule has 0 spiro atoms. The maximum atomic E-state index is 10.9. The van der Waals surface area contributed by atoms with Crippen LogP contribution in [0.3, 0.4) is 0 Å². The van der Waals surface area contributed by atoms with Gasteiger partial charge in [0.05, 0.1) is 0 Å². The highest BCUT2D eigenvalue weighted by molar-refractivity contribution is 6.25. The maximum Gasteiger partial charge on any atom is 0.410 e. The van der Waals surface area contributed by atoms with Gasteiger partial charge in [-0.05, 0) is 0 Å². The van der Waals surface area contributed by atoms with Crippen LogP contribution in [0.2, 0.25) is 0 Å². The van der Waals surface area contributed by atoms with Crippen molar-refractivity contribution >= 4 is 11.6 Å². The van der Waals surface area contributed by atoms with Gasteiger partial charge in [0.15, 0.2) is 0 Å². The minimum atomic E-state index is -4.73. The van der Waals surface area contributed by atoms with Gasteiger partial charge in [0.2, 0.25) is 6.43 Å². The molecule has 0 aliphatic heterocycles. The summed E-state index contributed by atoms with van der Waals surface area (Å²) >= 11 is 4.59. The van der Waals surface area contributed by atoms with Gasteiger partial charge in [0, 0.05) is 11.6 Å². The molecule has 92 valence electrons. The predicted octanol–water partition coefficient (Wildman–Crippen LogP) is 4.51. The lowest BCUT2D eigenvalue weighted by Gasteiger charge is -2.02. The molecular formula is C6H5ClF8. The monoisotopic (exact) mass is 264 g/mol. The van der Waals surface area contributed by atoms with Gasteiger partial charge in [0.25, 0.3) is 0 Å². The average Bonchev–Trinajstić information content (AvgIpc) is 1.77. The Balaban J connectivity index is 0. The molecular weight excluding hydrogens is 260 g/mol. The molecule has 0 unspecified atom stereocenters. The van der Waals surface area contributed by atoms with E-state index in [9.17, 15) is 35.1 Å². The first kappa shape index (κ1) is 16.9. The predicted molar refractivity (Wildman–Crippen MR) is 37.7 cm³/mol. The Morgan fingerprint density at radius 1 is 1.00 bits per heavy atom. The number of rotatable bonds is 1. The van der Waals surface area contributed by atoms with Crippen LogP contribution in [0.15, 0.2) is 11.6 Å². The van der Waals surface area contributed by atoms with Gasteiger partial charge in [-0.2, -0.15) is 26.3 Å². The quantitative estimate of drug-likeness (QED) is 0.612. The zero-order valence-electron chi connectivity index (χ0n) is 6.84. The maximum absolute atomic E-state index is 10.9. The van der Waals surface area contributed by atoms with Crippen LogP contribution in [-0.2, 0) is 0 Å². The Labute approximate surface area is 84.5 Å². The largest absolute Gasteiger partial charge is 0.410 e. The molecule has 0 saturated carbocycles. The van der Waals surface area contributed by atoms with Crippen molar-refractivity contribution in [2.45, 2.75) is 25.2 Å². The standard InChI is InChI=1S/C3H2ClF3.C3H3F5/c4-2-1-3(5,6)7;4-2(5)1-3(6,7)8/h1-2H;2H,1H2/b2-1-;. The minimum Gasteiger partial charge on any atom is -0.210 e. The summed E-state index contributed by atoms with van der Waals surface area (Å²) in [5.74, 6) is 0. The SMILES string of the molecule is FC(F)(F)/C=C\Cl.FC(F)CC(F)(F)F. The third-order valence-corrected chi connectivity index (χ3v) is 0.764. The summed E-state index contributed by atoms with van der Waals surface area (Å²) < 4.78 is 86.8. The Hall–Kier alpha value is -0.530. The van der Waals surface area contributed by atoms with Gasteiger partial charge < -0.3 is 0 Å². The topological polar surface area (TPSA) is 0 Å². The van der Waals surface area contributed by atoms with Crippen LogP contribution in [0.25, 0.3) is 0 Å². The number of alkyl halides is 8. The fourth-order valence-corrected chi connectivity index (χ4v) is 0.389. The van der Waals surface area contributed by atoms with Crippen LogP contribution >= 0.6 is 11.6 Å². The molecule has 0 nitrogen and oxygen atoms in total. The zero-order chi connectivity index (χ0) is 12.7. The fraction of sp³-hybridized carbons (Fsp3) is 0.667. The lowest BCUT2D eigenvalue weighted by atomic mass is 10.4. The molecule has 0 saturated heterocycles. The molecule has 0 aliphatic carbocycles. The lowest BCUT2D eigenvalue weighted by Crippen LogP contribution is -2.12. The molecule has 0 N–H and O–H groups in total. The second kappa shape index (κ2) is 6.86. The molecule has 0 aromatic heterocycles. The molecule has 0 amide bonds. The summed E-state index contributed by atoms with van der Waals surface area (Å²) in [6.07, 6.45) is -14.3. The minimum absolute atomic E-state index is 0.0471. The summed E-state index contributed by atoms with van der Waals surface area (Å²) in [4.78, 5) is 0. The number of hydrogen-bond acceptors (Lipinski definition) is 0. The van der Waals surface area contributed by atoms with Crippen molar-refractivity contribution in [3.63, 3.8) is 0 Å². The van der Waals surface area contributed by atoms with E-state index in [0.717, 1.165) is 0 Å². The van der Waals surface area contributed by atoms with E-state index in [1.165, 1.54) is 0 Å². The van der Waals surface area contributed by atoms with Gasteiger partial charge in [0.1, 0.15) is 6.42 Å². The summed E-state index contributed by atoms with van der Waals surface area (Å²) in [6.45, 7) is 0. The Morgan fingerprint density at radius 2 is 1.40 bits per heavy atom. The molecule has 0 aromatic rings. The van der Waals surface area contributed by atoms with E-state index >= 15 is 0 Å². The molecule has 0 fully saturated rings. The van der Waals surface area contributed by atoms with Crippen LogP contribution in [0, 0.1) is 0 Å². The van der Waals surface area contributed by atoms with Crippen LogP contribution in [-0.4, -0.2) is 18.8 Å². The van der Waals surface area contributed by atoms with Crippen molar-refractivity contribution in [1.82, 2.24) is 0 Å². The van der Waals surface area contributed by atoms with E-state index in [-0.39, 0.29) is 6.08 Å². The van der Waals surface area contributed by atoms with Crippen molar-refractivity contribution < 1.29 is 35.1 Å². The van der Waals surface area contributed by atoms with Crippen LogP contribution < -0.4 is 0 Å². The first-order chi connectivity index (χ1) is 6.48. The average molecular weight is 265 g/mol. The Kier molecular flexibility index (Phi) is 7.72. The van der Waals surface area contributed by atoms with Crippen molar-refractivity contribution in [2.24, 2.45) is 0 Å². The number of hydrogen-bond donors (Lipinski definition) is 0. The van der Waals surface area contributed by atoms with Crippen molar-refractivity contribution in [1.29, 1.82) is 0 Å². The van der Waals surface area contributed by atoms with E-state index in [4.69, 9.17) is 0 Å². The third-order valence-electron chi connectivity index (χ3n) is 0.638. The van der Waals surface area contributed by atoms with E-state index in [1.807, 2.05) is 0 Å². The fourth-order valence-electron chi connectivity index (χ4n) is 0.246. The molecule has 0 aromatic carbocycles. The number of halogens is 9. The van der Waals surface area contributed by atoms with Gasteiger partial charge in [-0.1, -0.05) is 11.6 Å². The molecule has 0 heterocycles. The second-order valence-corrected chi connectivity index (χ2v) is 2.30. The summed E-state index contributed by atoms with van der Waals surface area (Å²) in [5, 5.41) is 0. The lowest BCUT2D eigenvalue weighted by molar-refractivity contribution is -0.158. The third kappa shape index (κ3) is 24.7. The zero-order valence-corrected chi connectivity index (χ0v) is 7.60. The van der Waals surface area contributed by atoms with E-state index in [2.05, 4.69) is 11.6 Å². The van der Waals surface area contributed by atoms with Crippen LogP contribution in [0.1, 0.15) is 6.42 Å². The molecule has 15 heavy (non-hydrogen) atoms. The highest BCUT2D eigenvalue weighted by Crippen LogP contribution is 2.23. The van der Waals surface area contributed by atoms with Crippen LogP contribution in [0.5, 0.6) is 0 Å². The summed E-state index contributed by atoms with van der Waals surface area (Å²) in [6, 6.07) is 0. The van der Waals surface area contributed by atoms with Gasteiger partial charge >= 0.3 is 12.4 Å². The Bertz CT molecular complexity index is 179. The molecule has 0 atom stereocenters. The summed E-state index contributed by atoms with van der Waals surface area (Å²) in [7, 11) is 0. The van der Waals surface area contributed by atoms with Gasteiger partial charge in [-0.15, -0.1) is 0 Å². The molecule has 0 radical (unpaired) electrons. The highest BCUT2D eigenvalue weighted by atomic mass is 35.5. The van der Waals surface area contributed by atoms with Crippen molar-refractivity contribution in [3.8, 4) is 0 Å². The van der Waals surface area contributed by atoms with E-state index in [0.29, 0.717) is 5.54 Å². The first-order valence-electron chi connectivity index (χ1n) is 3.17. The van der Waals surface area contributed by atoms with E-state index < -0.39 is 25.2 Å². The first-order valence-corrected chi connectivity index (χ1v) is 3.61. The molecule has 0 rings (SSSR count).